The standard InChI is InChI=1S/C23H30FNO3/c1-21(27)13-25(14-21)20(26)12-23(16-3-5-19(24)6-4-16)17-7-15-8-18(23)11-22(9-15,10-17)28-2/h3-6,15,17-18,27H,7-14H2,1-2H3/t15-,17?,18?,22?,23+. The van der Waals surface area contributed by atoms with Crippen molar-refractivity contribution in [1.29, 1.82) is 0 Å². The summed E-state index contributed by atoms with van der Waals surface area (Å²) in [5, 5.41) is 10.1. The molecule has 5 heteroatoms. The van der Waals surface area contributed by atoms with E-state index in [0.717, 1.165) is 37.7 Å². The molecule has 1 amide bonds. The third-order valence-corrected chi connectivity index (χ3v) is 8.26. The third kappa shape index (κ3) is 2.66. The second kappa shape index (κ2) is 6.02. The lowest BCUT2D eigenvalue weighted by Crippen LogP contribution is -2.66. The molecule has 0 radical (unpaired) electrons. The van der Waals surface area contributed by atoms with Crippen LogP contribution >= 0.6 is 0 Å². The van der Waals surface area contributed by atoms with Crippen LogP contribution in [0.1, 0.15) is 51.0 Å². The summed E-state index contributed by atoms with van der Waals surface area (Å²) in [7, 11) is 1.83. The summed E-state index contributed by atoms with van der Waals surface area (Å²) in [6, 6.07) is 6.87. The van der Waals surface area contributed by atoms with E-state index in [2.05, 4.69) is 0 Å². The van der Waals surface area contributed by atoms with Crippen molar-refractivity contribution >= 4 is 5.91 Å². The van der Waals surface area contributed by atoms with Crippen LogP contribution in [0.2, 0.25) is 0 Å². The van der Waals surface area contributed by atoms with E-state index in [1.54, 1.807) is 11.8 Å². The molecular formula is C23H30FNO3. The van der Waals surface area contributed by atoms with Gasteiger partial charge in [-0.1, -0.05) is 12.1 Å². The van der Waals surface area contributed by atoms with Gasteiger partial charge in [-0.05, 0) is 74.5 Å². The van der Waals surface area contributed by atoms with Gasteiger partial charge in [0.05, 0.1) is 24.3 Å². The fraction of sp³-hybridized carbons (Fsp3) is 0.696. The molecule has 1 saturated heterocycles. The Kier molecular flexibility index (Phi) is 3.99. The van der Waals surface area contributed by atoms with E-state index in [1.165, 1.54) is 12.1 Å². The average Bonchev–Trinajstić information content (AvgIpc) is 2.63. The quantitative estimate of drug-likeness (QED) is 0.863. The number of hydrogen-bond acceptors (Lipinski definition) is 3. The van der Waals surface area contributed by atoms with Gasteiger partial charge < -0.3 is 14.7 Å². The Morgan fingerprint density at radius 1 is 1.18 bits per heavy atom. The molecule has 0 spiro atoms. The zero-order chi connectivity index (χ0) is 19.7. The van der Waals surface area contributed by atoms with Crippen LogP contribution in [0.4, 0.5) is 4.39 Å². The molecule has 1 N–H and O–H groups in total. The average molecular weight is 387 g/mol. The minimum absolute atomic E-state index is 0.0382. The van der Waals surface area contributed by atoms with Gasteiger partial charge in [-0.25, -0.2) is 4.39 Å². The fourth-order valence-corrected chi connectivity index (χ4v) is 7.21. The highest BCUT2D eigenvalue weighted by Crippen LogP contribution is 2.66. The Labute approximate surface area is 166 Å². The first kappa shape index (κ1) is 18.6. The predicted molar refractivity (Wildman–Crippen MR) is 103 cm³/mol. The maximum absolute atomic E-state index is 13.7. The SMILES string of the molecule is COC12CC3C[C@H](CC(C1)[C@@]3(CC(=O)N1CC(C)(O)C1)c1ccc(F)cc1)C2. The molecule has 4 aliphatic carbocycles. The van der Waals surface area contributed by atoms with E-state index in [4.69, 9.17) is 4.74 Å². The van der Waals surface area contributed by atoms with Crippen molar-refractivity contribution in [3.05, 3.63) is 35.6 Å². The van der Waals surface area contributed by atoms with E-state index < -0.39 is 5.60 Å². The number of benzene rings is 1. The van der Waals surface area contributed by atoms with Crippen molar-refractivity contribution in [2.75, 3.05) is 20.2 Å². The normalized spacial score (nSPS) is 40.4. The molecule has 4 bridgehead atoms. The zero-order valence-electron chi connectivity index (χ0n) is 16.8. The van der Waals surface area contributed by atoms with Gasteiger partial charge in [0.25, 0.3) is 0 Å². The van der Waals surface area contributed by atoms with E-state index in [0.29, 0.717) is 37.3 Å². The number of rotatable bonds is 4. The largest absolute Gasteiger partial charge is 0.386 e. The molecule has 28 heavy (non-hydrogen) atoms. The molecule has 4 nitrogen and oxygen atoms in total. The second-order valence-corrected chi connectivity index (χ2v) is 10.2. The maximum atomic E-state index is 13.7. The van der Waals surface area contributed by atoms with E-state index in [-0.39, 0.29) is 22.7 Å². The van der Waals surface area contributed by atoms with Crippen LogP contribution in [-0.4, -0.2) is 47.3 Å². The predicted octanol–water partition coefficient (Wildman–Crippen LogP) is 3.27. The van der Waals surface area contributed by atoms with Gasteiger partial charge in [-0.15, -0.1) is 0 Å². The topological polar surface area (TPSA) is 49.8 Å². The highest BCUT2D eigenvalue weighted by atomic mass is 19.1. The number of β-amino-alcohol motifs (C(OH)–C–C–N with tert-alkyl or cyclic N) is 1. The lowest BCUT2D eigenvalue weighted by molar-refractivity contribution is -0.187. The molecule has 1 aliphatic heterocycles. The number of hydrogen-bond donors (Lipinski definition) is 1. The Bertz CT molecular complexity index is 766. The molecular weight excluding hydrogens is 357 g/mol. The summed E-state index contributed by atoms with van der Waals surface area (Å²) in [6.07, 6.45) is 5.82. The van der Waals surface area contributed by atoms with Crippen molar-refractivity contribution in [3.63, 3.8) is 0 Å². The van der Waals surface area contributed by atoms with Gasteiger partial charge in [0.15, 0.2) is 0 Å². The molecule has 4 saturated carbocycles. The summed E-state index contributed by atoms with van der Waals surface area (Å²) in [5.74, 6) is 1.33. The summed E-state index contributed by atoms with van der Waals surface area (Å²) < 4.78 is 19.7. The summed E-state index contributed by atoms with van der Waals surface area (Å²) >= 11 is 0. The third-order valence-electron chi connectivity index (χ3n) is 8.26. The zero-order valence-corrected chi connectivity index (χ0v) is 16.8. The molecule has 1 aromatic carbocycles. The van der Waals surface area contributed by atoms with E-state index in [1.807, 2.05) is 19.2 Å². The number of amides is 1. The molecule has 1 heterocycles. The van der Waals surface area contributed by atoms with Gasteiger partial charge in [-0.3, -0.25) is 4.79 Å². The minimum Gasteiger partial charge on any atom is -0.386 e. The fourth-order valence-electron chi connectivity index (χ4n) is 7.21. The Balaban J connectivity index is 1.51. The van der Waals surface area contributed by atoms with Gasteiger partial charge >= 0.3 is 0 Å². The van der Waals surface area contributed by atoms with Crippen LogP contribution in [0.5, 0.6) is 0 Å². The number of likely N-dealkylation sites (tertiary alicyclic amines) is 1. The van der Waals surface area contributed by atoms with Crippen LogP contribution < -0.4 is 0 Å². The number of halogens is 1. The Hall–Kier alpha value is -1.46. The molecule has 1 aromatic rings. The van der Waals surface area contributed by atoms with Crippen molar-refractivity contribution in [2.24, 2.45) is 17.8 Å². The number of ether oxygens (including phenoxy) is 1. The molecule has 5 fully saturated rings. The second-order valence-electron chi connectivity index (χ2n) is 10.2. The number of carbonyl (C=O) groups is 1. The van der Waals surface area contributed by atoms with Crippen molar-refractivity contribution in [2.45, 2.75) is 62.1 Å². The van der Waals surface area contributed by atoms with Gasteiger partial charge in [0, 0.05) is 18.9 Å². The van der Waals surface area contributed by atoms with Crippen LogP contribution in [0.15, 0.2) is 24.3 Å². The lowest BCUT2D eigenvalue weighted by Gasteiger charge is -2.65. The van der Waals surface area contributed by atoms with Crippen LogP contribution in [0.3, 0.4) is 0 Å². The number of nitrogens with zero attached hydrogens (tertiary/aromatic N) is 1. The van der Waals surface area contributed by atoms with Crippen molar-refractivity contribution in [1.82, 2.24) is 4.90 Å². The Morgan fingerprint density at radius 2 is 1.79 bits per heavy atom. The van der Waals surface area contributed by atoms with Gasteiger partial charge in [0.1, 0.15) is 5.82 Å². The van der Waals surface area contributed by atoms with Crippen LogP contribution in [0.25, 0.3) is 0 Å². The summed E-state index contributed by atoms with van der Waals surface area (Å²) in [5.41, 5.74) is 0.0620. The molecule has 2 atom stereocenters. The summed E-state index contributed by atoms with van der Waals surface area (Å²) in [4.78, 5) is 15.0. The number of aliphatic hydroxyl groups is 1. The molecule has 0 aromatic heterocycles. The molecule has 152 valence electrons. The highest BCUT2D eigenvalue weighted by Gasteiger charge is 2.63. The van der Waals surface area contributed by atoms with Gasteiger partial charge in [-0.2, -0.15) is 0 Å². The lowest BCUT2D eigenvalue weighted by atomic mass is 9.41. The first-order valence-electron chi connectivity index (χ1n) is 10.6. The Morgan fingerprint density at radius 3 is 2.32 bits per heavy atom. The number of methoxy groups -OCH3 is 1. The summed E-state index contributed by atoms with van der Waals surface area (Å²) in [6.45, 7) is 2.59. The molecule has 5 aliphatic rings. The van der Waals surface area contributed by atoms with Gasteiger partial charge in [0.2, 0.25) is 5.91 Å². The first-order chi connectivity index (χ1) is 13.3. The smallest absolute Gasteiger partial charge is 0.223 e. The monoisotopic (exact) mass is 387 g/mol. The van der Waals surface area contributed by atoms with Crippen LogP contribution in [-0.2, 0) is 14.9 Å². The number of carbonyl (C=O) groups excluding carboxylic acids is 1. The van der Waals surface area contributed by atoms with Crippen LogP contribution in [0, 0.1) is 23.6 Å². The van der Waals surface area contributed by atoms with E-state index in [9.17, 15) is 14.3 Å². The maximum Gasteiger partial charge on any atom is 0.223 e. The van der Waals surface area contributed by atoms with E-state index >= 15 is 0 Å². The molecule has 2 unspecified atom stereocenters. The van der Waals surface area contributed by atoms with Crippen molar-refractivity contribution < 1.29 is 19.0 Å². The first-order valence-corrected chi connectivity index (χ1v) is 10.6. The molecule has 6 rings (SSSR count). The highest BCUT2D eigenvalue weighted by molar-refractivity contribution is 5.79. The minimum atomic E-state index is -0.761. The van der Waals surface area contributed by atoms with Crippen molar-refractivity contribution in [3.8, 4) is 0 Å².